The molecule has 1 unspecified atom stereocenters. The van der Waals surface area contributed by atoms with E-state index >= 15 is 0 Å². The lowest BCUT2D eigenvalue weighted by molar-refractivity contribution is -0.235. The molecule has 1 rings (SSSR count). The summed E-state index contributed by atoms with van der Waals surface area (Å²) in [6.45, 7) is 17.7. The summed E-state index contributed by atoms with van der Waals surface area (Å²) in [5, 5.41) is 0. The maximum Gasteiger partial charge on any atom is 0.158 e. The number of methoxy groups -OCH3 is 1. The summed E-state index contributed by atoms with van der Waals surface area (Å²) in [5.41, 5.74) is -1.26. The fourth-order valence-electron chi connectivity index (χ4n) is 2.15. The van der Waals surface area contributed by atoms with Gasteiger partial charge in [-0.15, -0.1) is 0 Å². The SMILES string of the molecule is COC(C)(C)C(C)(C)C#CC(C)(C)C(C)(C)OC1CCCCO1. The van der Waals surface area contributed by atoms with Crippen molar-refractivity contribution in [1.82, 2.24) is 0 Å². The zero-order chi connectivity index (χ0) is 17.9. The highest BCUT2D eigenvalue weighted by atomic mass is 16.7. The lowest BCUT2D eigenvalue weighted by atomic mass is 9.73. The second kappa shape index (κ2) is 7.13. The van der Waals surface area contributed by atoms with Crippen LogP contribution in [0.25, 0.3) is 0 Å². The molecular weight excluding hydrogens is 288 g/mol. The minimum absolute atomic E-state index is 0.108. The van der Waals surface area contributed by atoms with Gasteiger partial charge in [0.15, 0.2) is 6.29 Å². The summed E-state index contributed by atoms with van der Waals surface area (Å²) in [6.07, 6.45) is 3.16. The summed E-state index contributed by atoms with van der Waals surface area (Å²) in [4.78, 5) is 0. The highest BCUT2D eigenvalue weighted by Gasteiger charge is 2.41. The van der Waals surface area contributed by atoms with E-state index in [0.29, 0.717) is 0 Å². The molecular formula is C20H36O3. The van der Waals surface area contributed by atoms with Gasteiger partial charge >= 0.3 is 0 Å². The molecule has 1 fully saturated rings. The van der Waals surface area contributed by atoms with Gasteiger partial charge in [-0.05, 0) is 74.7 Å². The predicted octanol–water partition coefficient (Wildman–Crippen LogP) is 4.79. The Morgan fingerprint density at radius 3 is 1.78 bits per heavy atom. The van der Waals surface area contributed by atoms with Gasteiger partial charge in [0, 0.05) is 13.7 Å². The molecule has 0 bridgehead atoms. The molecule has 0 N–H and O–H groups in total. The summed E-state index contributed by atoms with van der Waals surface area (Å²) in [6, 6.07) is 0. The third kappa shape index (κ3) is 4.95. The van der Waals surface area contributed by atoms with E-state index in [4.69, 9.17) is 14.2 Å². The monoisotopic (exact) mass is 324 g/mol. The summed E-state index contributed by atoms with van der Waals surface area (Å²) in [5.74, 6) is 6.90. The van der Waals surface area contributed by atoms with Gasteiger partial charge in [0.05, 0.1) is 22.0 Å². The Morgan fingerprint density at radius 1 is 0.826 bits per heavy atom. The Labute approximate surface area is 143 Å². The van der Waals surface area contributed by atoms with E-state index in [9.17, 15) is 0 Å². The zero-order valence-corrected chi connectivity index (χ0v) is 16.6. The molecule has 23 heavy (non-hydrogen) atoms. The zero-order valence-electron chi connectivity index (χ0n) is 16.6. The van der Waals surface area contributed by atoms with E-state index in [0.717, 1.165) is 19.4 Å². The van der Waals surface area contributed by atoms with Gasteiger partial charge in [-0.2, -0.15) is 0 Å². The van der Waals surface area contributed by atoms with Gasteiger partial charge in [-0.3, -0.25) is 0 Å². The largest absolute Gasteiger partial charge is 0.377 e. The van der Waals surface area contributed by atoms with Gasteiger partial charge in [-0.25, -0.2) is 0 Å². The van der Waals surface area contributed by atoms with Gasteiger partial charge in [0.25, 0.3) is 0 Å². The molecule has 0 aromatic carbocycles. The van der Waals surface area contributed by atoms with Crippen molar-refractivity contribution >= 4 is 0 Å². The predicted molar refractivity (Wildman–Crippen MR) is 95.2 cm³/mol. The molecule has 1 aliphatic heterocycles. The molecule has 1 aliphatic rings. The maximum absolute atomic E-state index is 6.26. The van der Waals surface area contributed by atoms with Crippen molar-refractivity contribution in [2.75, 3.05) is 13.7 Å². The van der Waals surface area contributed by atoms with Crippen LogP contribution in [0.4, 0.5) is 0 Å². The van der Waals surface area contributed by atoms with Crippen LogP contribution in [0.15, 0.2) is 0 Å². The number of hydrogen-bond donors (Lipinski definition) is 0. The quantitative estimate of drug-likeness (QED) is 0.681. The Morgan fingerprint density at radius 2 is 1.35 bits per heavy atom. The van der Waals surface area contributed by atoms with Crippen LogP contribution in [0.2, 0.25) is 0 Å². The van der Waals surface area contributed by atoms with Crippen molar-refractivity contribution in [2.24, 2.45) is 10.8 Å². The molecule has 1 atom stereocenters. The molecule has 0 saturated carbocycles. The van der Waals surface area contributed by atoms with Crippen LogP contribution in [0, 0.1) is 22.7 Å². The van der Waals surface area contributed by atoms with Crippen LogP contribution in [0.5, 0.6) is 0 Å². The molecule has 0 radical (unpaired) electrons. The first-order chi connectivity index (χ1) is 10.3. The maximum atomic E-state index is 6.26. The van der Waals surface area contributed by atoms with Gasteiger partial charge in [0.1, 0.15) is 0 Å². The van der Waals surface area contributed by atoms with Crippen molar-refractivity contribution in [1.29, 1.82) is 0 Å². The first-order valence-corrected chi connectivity index (χ1v) is 8.73. The molecule has 3 heteroatoms. The van der Waals surface area contributed by atoms with Crippen LogP contribution in [0.3, 0.4) is 0 Å². The normalized spacial score (nSPS) is 20.8. The van der Waals surface area contributed by atoms with E-state index in [1.54, 1.807) is 7.11 Å². The van der Waals surface area contributed by atoms with E-state index in [1.165, 1.54) is 6.42 Å². The van der Waals surface area contributed by atoms with Crippen molar-refractivity contribution in [3.05, 3.63) is 0 Å². The number of hydrogen-bond acceptors (Lipinski definition) is 3. The topological polar surface area (TPSA) is 27.7 Å². The Kier molecular flexibility index (Phi) is 6.35. The van der Waals surface area contributed by atoms with Crippen molar-refractivity contribution in [2.45, 2.75) is 92.1 Å². The number of ether oxygens (including phenoxy) is 3. The van der Waals surface area contributed by atoms with Crippen LogP contribution >= 0.6 is 0 Å². The average Bonchev–Trinajstić information content (AvgIpc) is 2.45. The standard InChI is InChI=1S/C20H36O3/c1-17(2,19(5,6)21-9)13-14-18(3,4)20(7,8)23-16-12-10-11-15-22-16/h16H,10-12,15H2,1-9H3. The van der Waals surface area contributed by atoms with Crippen molar-refractivity contribution in [3.8, 4) is 11.8 Å². The summed E-state index contributed by atoms with van der Waals surface area (Å²) < 4.78 is 17.6. The fourth-order valence-corrected chi connectivity index (χ4v) is 2.15. The third-order valence-electron chi connectivity index (χ3n) is 5.77. The smallest absolute Gasteiger partial charge is 0.158 e. The lowest BCUT2D eigenvalue weighted by Gasteiger charge is -2.42. The summed E-state index contributed by atoms with van der Waals surface area (Å²) >= 11 is 0. The average molecular weight is 325 g/mol. The molecule has 1 saturated heterocycles. The lowest BCUT2D eigenvalue weighted by Crippen LogP contribution is -2.45. The summed E-state index contributed by atoms with van der Waals surface area (Å²) in [7, 11) is 1.74. The molecule has 0 aliphatic carbocycles. The van der Waals surface area contributed by atoms with Gasteiger partial charge in [0.2, 0.25) is 0 Å². The molecule has 0 aromatic rings. The van der Waals surface area contributed by atoms with Crippen LogP contribution in [-0.2, 0) is 14.2 Å². The second-order valence-corrected chi connectivity index (χ2v) is 8.64. The molecule has 3 nitrogen and oxygen atoms in total. The molecule has 0 spiro atoms. The highest BCUT2D eigenvalue weighted by molar-refractivity contribution is 5.22. The second-order valence-electron chi connectivity index (χ2n) is 8.64. The van der Waals surface area contributed by atoms with Gasteiger partial charge in [-0.1, -0.05) is 11.8 Å². The van der Waals surface area contributed by atoms with E-state index in [2.05, 4.69) is 67.2 Å². The first kappa shape index (κ1) is 20.5. The Bertz CT molecular complexity index is 443. The molecule has 0 aromatic heterocycles. The third-order valence-corrected chi connectivity index (χ3v) is 5.77. The minimum atomic E-state index is -0.394. The molecule has 134 valence electrons. The Balaban J connectivity index is 2.90. The van der Waals surface area contributed by atoms with E-state index in [1.807, 2.05) is 0 Å². The molecule has 1 heterocycles. The molecule has 0 amide bonds. The fraction of sp³-hybridized carbons (Fsp3) is 0.900. The Hall–Kier alpha value is -0.560. The first-order valence-electron chi connectivity index (χ1n) is 8.73. The van der Waals surface area contributed by atoms with Crippen LogP contribution in [-0.4, -0.2) is 31.2 Å². The van der Waals surface area contributed by atoms with Gasteiger partial charge < -0.3 is 14.2 Å². The van der Waals surface area contributed by atoms with Crippen LogP contribution in [0.1, 0.15) is 74.7 Å². The van der Waals surface area contributed by atoms with E-state index < -0.39 is 5.60 Å². The van der Waals surface area contributed by atoms with Crippen molar-refractivity contribution < 1.29 is 14.2 Å². The highest BCUT2D eigenvalue weighted by Crippen LogP contribution is 2.38. The van der Waals surface area contributed by atoms with E-state index in [-0.39, 0.29) is 22.7 Å². The number of rotatable bonds is 5. The van der Waals surface area contributed by atoms with Crippen LogP contribution < -0.4 is 0 Å². The minimum Gasteiger partial charge on any atom is -0.377 e. The van der Waals surface area contributed by atoms with Crippen molar-refractivity contribution in [3.63, 3.8) is 0 Å².